The maximum absolute atomic E-state index is 13.4. The van der Waals surface area contributed by atoms with Crippen molar-refractivity contribution in [2.45, 2.75) is 13.8 Å². The Kier molecular flexibility index (Phi) is 5.89. The number of H-pyrrole nitrogens is 1. The van der Waals surface area contributed by atoms with Crippen molar-refractivity contribution in [1.82, 2.24) is 15.4 Å². The van der Waals surface area contributed by atoms with Gasteiger partial charge in [0.1, 0.15) is 5.69 Å². The standard InChI is InChI=1S/C25H19ClN4O3/c1-4-6-7-15(5-2)16-8-9-17(14(3)31)23(10-16)30-24(32)18-11-20(22-13-27-29-28-22)21(26)12-19(18)25(30)33/h4-13H,2H2,1,3H3,(H,27,28,29)/b6-4-,15-7+. The highest BCUT2D eigenvalue weighted by atomic mass is 35.5. The van der Waals surface area contributed by atoms with Crippen molar-refractivity contribution in [3.05, 3.63) is 94.7 Å². The number of aromatic nitrogens is 3. The number of Topliss-reactive ketones (excluding diaryl/α,β-unsaturated/α-hetero) is 1. The average Bonchev–Trinajstić information content (AvgIpc) is 3.41. The lowest BCUT2D eigenvalue weighted by Crippen LogP contribution is -2.31. The number of carbonyl (C=O) groups is 3. The fourth-order valence-electron chi connectivity index (χ4n) is 3.68. The molecule has 2 heterocycles. The van der Waals surface area contributed by atoms with E-state index in [2.05, 4.69) is 22.0 Å². The first-order valence-electron chi connectivity index (χ1n) is 10.1. The third kappa shape index (κ3) is 3.83. The summed E-state index contributed by atoms with van der Waals surface area (Å²) in [5.41, 5.74) is 3.19. The molecule has 1 aliphatic heterocycles. The van der Waals surface area contributed by atoms with Crippen LogP contribution >= 0.6 is 11.6 Å². The number of hydrogen-bond donors (Lipinski definition) is 1. The minimum atomic E-state index is -0.555. The summed E-state index contributed by atoms with van der Waals surface area (Å²) in [4.78, 5) is 40.1. The van der Waals surface area contributed by atoms with Gasteiger partial charge in [-0.05, 0) is 49.2 Å². The highest BCUT2D eigenvalue weighted by Crippen LogP contribution is 2.37. The van der Waals surface area contributed by atoms with Crippen molar-refractivity contribution in [3.8, 4) is 11.3 Å². The first-order valence-corrected chi connectivity index (χ1v) is 10.4. The van der Waals surface area contributed by atoms with Crippen LogP contribution in [0.5, 0.6) is 0 Å². The molecule has 164 valence electrons. The van der Waals surface area contributed by atoms with E-state index in [4.69, 9.17) is 11.6 Å². The Morgan fingerprint density at radius 3 is 2.45 bits per heavy atom. The second-order valence-electron chi connectivity index (χ2n) is 7.32. The van der Waals surface area contributed by atoms with Crippen LogP contribution in [0.3, 0.4) is 0 Å². The number of hydrogen-bond acceptors (Lipinski definition) is 5. The smallest absolute Gasteiger partial charge is 0.266 e. The molecule has 0 fully saturated rings. The number of halogens is 1. The quantitative estimate of drug-likeness (QED) is 0.308. The highest BCUT2D eigenvalue weighted by molar-refractivity contribution is 6.39. The van der Waals surface area contributed by atoms with E-state index in [-0.39, 0.29) is 33.2 Å². The van der Waals surface area contributed by atoms with E-state index in [0.29, 0.717) is 16.8 Å². The number of fused-ring (bicyclic) bond motifs is 1. The number of carbonyl (C=O) groups excluding carboxylic acids is 3. The minimum absolute atomic E-state index is 0.158. The van der Waals surface area contributed by atoms with Crippen LogP contribution in [0.4, 0.5) is 5.69 Å². The van der Waals surface area contributed by atoms with E-state index in [1.54, 1.807) is 24.3 Å². The van der Waals surface area contributed by atoms with Crippen molar-refractivity contribution >= 4 is 40.5 Å². The third-order valence-corrected chi connectivity index (χ3v) is 5.62. The van der Waals surface area contributed by atoms with E-state index in [0.717, 1.165) is 10.5 Å². The zero-order valence-corrected chi connectivity index (χ0v) is 18.7. The molecule has 0 aliphatic carbocycles. The lowest BCUT2D eigenvalue weighted by atomic mass is 9.99. The minimum Gasteiger partial charge on any atom is -0.294 e. The Morgan fingerprint density at radius 2 is 1.85 bits per heavy atom. The molecule has 0 unspecified atom stereocenters. The molecule has 3 aromatic rings. The number of aromatic amines is 1. The SMILES string of the molecule is C=C/C(=C\C=C/C)c1ccc(C(C)=O)c(N2C(=O)c3cc(Cl)c(-c4cn[nH]n4)cc3C2=O)c1. The molecule has 8 heteroatoms. The van der Waals surface area contributed by atoms with Gasteiger partial charge in [-0.1, -0.05) is 48.6 Å². The van der Waals surface area contributed by atoms with Crippen LogP contribution in [-0.4, -0.2) is 33.0 Å². The molecule has 0 saturated carbocycles. The van der Waals surface area contributed by atoms with Crippen molar-refractivity contribution in [3.63, 3.8) is 0 Å². The summed E-state index contributed by atoms with van der Waals surface area (Å²) in [6.45, 7) is 7.11. The van der Waals surface area contributed by atoms with Crippen molar-refractivity contribution in [2.75, 3.05) is 4.90 Å². The van der Waals surface area contributed by atoms with Gasteiger partial charge in [0.2, 0.25) is 0 Å². The predicted molar refractivity (Wildman–Crippen MR) is 127 cm³/mol. The Morgan fingerprint density at radius 1 is 1.12 bits per heavy atom. The first kappa shape index (κ1) is 22.1. The molecule has 1 aromatic heterocycles. The van der Waals surface area contributed by atoms with Crippen molar-refractivity contribution in [1.29, 1.82) is 0 Å². The van der Waals surface area contributed by atoms with E-state index in [1.165, 1.54) is 25.3 Å². The zero-order valence-electron chi connectivity index (χ0n) is 17.9. The van der Waals surface area contributed by atoms with Gasteiger partial charge in [0, 0.05) is 11.1 Å². The zero-order chi connectivity index (χ0) is 23.7. The van der Waals surface area contributed by atoms with Crippen molar-refractivity contribution < 1.29 is 14.4 Å². The topological polar surface area (TPSA) is 96.0 Å². The predicted octanol–water partition coefficient (Wildman–Crippen LogP) is 5.27. The fourth-order valence-corrected chi connectivity index (χ4v) is 3.94. The van der Waals surface area contributed by atoms with Gasteiger partial charge in [0.25, 0.3) is 11.8 Å². The summed E-state index contributed by atoms with van der Waals surface area (Å²) >= 11 is 6.38. The molecule has 0 bridgehead atoms. The lowest BCUT2D eigenvalue weighted by molar-refractivity contribution is 0.0926. The Balaban J connectivity index is 1.87. The molecule has 0 saturated heterocycles. The summed E-state index contributed by atoms with van der Waals surface area (Å²) in [5, 5.41) is 10.5. The Bertz CT molecular complexity index is 1370. The van der Waals surface area contributed by atoms with E-state index in [1.807, 2.05) is 25.2 Å². The van der Waals surface area contributed by atoms with Crippen LogP contribution in [0.1, 0.15) is 50.5 Å². The molecule has 0 radical (unpaired) electrons. The third-order valence-electron chi connectivity index (χ3n) is 5.30. The number of ketones is 1. The maximum Gasteiger partial charge on any atom is 0.266 e. The van der Waals surface area contributed by atoms with Gasteiger partial charge in [-0.25, -0.2) is 4.90 Å². The van der Waals surface area contributed by atoms with Gasteiger partial charge >= 0.3 is 0 Å². The van der Waals surface area contributed by atoms with Gasteiger partial charge in [0.05, 0.1) is 28.0 Å². The normalized spacial score (nSPS) is 13.7. The summed E-state index contributed by atoms with van der Waals surface area (Å²) in [6, 6.07) is 7.98. The summed E-state index contributed by atoms with van der Waals surface area (Å²) in [5.74, 6) is -1.37. The summed E-state index contributed by atoms with van der Waals surface area (Å²) < 4.78 is 0. The van der Waals surface area contributed by atoms with Crippen molar-refractivity contribution in [2.24, 2.45) is 0 Å². The number of anilines is 1. The van der Waals surface area contributed by atoms with Crippen LogP contribution in [0.25, 0.3) is 16.8 Å². The van der Waals surface area contributed by atoms with Gasteiger partial charge in [-0.2, -0.15) is 15.4 Å². The van der Waals surface area contributed by atoms with Crippen LogP contribution < -0.4 is 4.90 Å². The molecule has 1 N–H and O–H groups in total. The first-order chi connectivity index (χ1) is 15.9. The largest absolute Gasteiger partial charge is 0.294 e. The molecule has 1 aliphatic rings. The molecule has 2 amide bonds. The number of benzene rings is 2. The molecule has 4 rings (SSSR count). The average molecular weight is 459 g/mol. The summed E-state index contributed by atoms with van der Waals surface area (Å²) in [6.07, 6.45) is 8.71. The molecular weight excluding hydrogens is 440 g/mol. The fraction of sp³-hybridized carbons (Fsp3) is 0.0800. The molecule has 7 nitrogen and oxygen atoms in total. The summed E-state index contributed by atoms with van der Waals surface area (Å²) in [7, 11) is 0. The maximum atomic E-state index is 13.4. The van der Waals surface area contributed by atoms with E-state index in [9.17, 15) is 14.4 Å². The van der Waals surface area contributed by atoms with Gasteiger partial charge in [0.15, 0.2) is 5.78 Å². The number of rotatable bonds is 6. The Labute approximate surface area is 195 Å². The van der Waals surface area contributed by atoms with Crippen LogP contribution in [0.2, 0.25) is 5.02 Å². The molecule has 2 aromatic carbocycles. The second kappa shape index (κ2) is 8.80. The molecule has 33 heavy (non-hydrogen) atoms. The monoisotopic (exact) mass is 458 g/mol. The number of imide groups is 1. The second-order valence-corrected chi connectivity index (χ2v) is 7.73. The van der Waals surface area contributed by atoms with Crippen LogP contribution in [0.15, 0.2) is 67.4 Å². The van der Waals surface area contributed by atoms with E-state index < -0.39 is 11.8 Å². The van der Waals surface area contributed by atoms with E-state index >= 15 is 0 Å². The number of nitrogens with zero attached hydrogens (tertiary/aromatic N) is 3. The molecular formula is C25H19ClN4O3. The van der Waals surface area contributed by atoms with Gasteiger partial charge in [-0.15, -0.1) is 0 Å². The number of nitrogens with one attached hydrogen (secondary N) is 1. The highest BCUT2D eigenvalue weighted by Gasteiger charge is 2.39. The van der Waals surface area contributed by atoms with Gasteiger partial charge < -0.3 is 0 Å². The number of amides is 2. The van der Waals surface area contributed by atoms with Crippen LogP contribution in [-0.2, 0) is 0 Å². The van der Waals surface area contributed by atoms with Gasteiger partial charge in [-0.3, -0.25) is 14.4 Å². The molecule has 0 atom stereocenters. The lowest BCUT2D eigenvalue weighted by Gasteiger charge is -2.18. The Hall–Kier alpha value is -4.10. The molecule has 0 spiro atoms. The van der Waals surface area contributed by atoms with Crippen LogP contribution in [0, 0.1) is 0 Å². The number of allylic oxidation sites excluding steroid dienone is 5.